The van der Waals surface area contributed by atoms with E-state index in [1.165, 1.54) is 180 Å². The number of hydrogen-bond acceptors (Lipinski definition) is 5. The first-order valence-electron chi connectivity index (χ1n) is 28.6. The van der Waals surface area contributed by atoms with E-state index in [-0.39, 0.29) is 24.9 Å². The Bertz CT molecular complexity index is 1170. The van der Waals surface area contributed by atoms with Gasteiger partial charge in [0.05, 0.1) is 25.2 Å². The maximum atomic E-state index is 13.2. The topological polar surface area (TPSA) is 95.9 Å². The van der Waals surface area contributed by atoms with Crippen LogP contribution in [-0.2, 0) is 14.3 Å². The summed E-state index contributed by atoms with van der Waals surface area (Å²) in [6.07, 6.45) is 67.3. The lowest BCUT2D eigenvalue weighted by Gasteiger charge is -2.24. The molecular formula is C60H109NO5. The van der Waals surface area contributed by atoms with Crippen LogP contribution >= 0.6 is 0 Å². The number of carbonyl (C=O) groups excluding carboxylic acids is 2. The average Bonchev–Trinajstić information content (AvgIpc) is 3.31. The first-order chi connectivity index (χ1) is 32.5. The molecule has 0 saturated carbocycles. The van der Waals surface area contributed by atoms with E-state index in [0.717, 1.165) is 57.8 Å². The van der Waals surface area contributed by atoms with Crippen molar-refractivity contribution in [2.45, 2.75) is 302 Å². The predicted molar refractivity (Wildman–Crippen MR) is 287 cm³/mol. The molecule has 0 aliphatic heterocycles. The number of aliphatic hydroxyl groups excluding tert-OH is 2. The maximum absolute atomic E-state index is 13.2. The molecule has 3 N–H and O–H groups in total. The molecular weight excluding hydrogens is 815 g/mol. The van der Waals surface area contributed by atoms with E-state index >= 15 is 0 Å². The zero-order chi connectivity index (χ0) is 48.1. The third-order valence-electron chi connectivity index (χ3n) is 13.0. The van der Waals surface area contributed by atoms with Gasteiger partial charge in [0.1, 0.15) is 6.10 Å². The van der Waals surface area contributed by atoms with Crippen LogP contribution in [0.15, 0.2) is 60.8 Å². The summed E-state index contributed by atoms with van der Waals surface area (Å²) in [5, 5.41) is 23.8. The summed E-state index contributed by atoms with van der Waals surface area (Å²) in [7, 11) is 0. The smallest absolute Gasteiger partial charge is 0.306 e. The fourth-order valence-electron chi connectivity index (χ4n) is 8.69. The van der Waals surface area contributed by atoms with Crippen molar-refractivity contribution in [2.75, 3.05) is 6.61 Å². The molecule has 66 heavy (non-hydrogen) atoms. The molecule has 3 unspecified atom stereocenters. The number of aliphatic hydroxyl groups is 2. The van der Waals surface area contributed by atoms with E-state index in [1.807, 2.05) is 48.6 Å². The van der Waals surface area contributed by atoms with Gasteiger partial charge in [-0.3, -0.25) is 9.59 Å². The molecule has 0 heterocycles. The SMILES string of the molecule is CC/C=C/C=C/C=C\C=C/C=C/CCCC(CC(=O)NC(CO)C(O)CCCCCCCCCCCCCCCCCC)OC(=O)CCCCCCCCCCCCCCCCCCCC. The minimum absolute atomic E-state index is 0.0303. The highest BCUT2D eigenvalue weighted by Crippen LogP contribution is 2.18. The van der Waals surface area contributed by atoms with Crippen LogP contribution in [0.25, 0.3) is 0 Å². The summed E-state index contributed by atoms with van der Waals surface area (Å²) in [4.78, 5) is 26.2. The van der Waals surface area contributed by atoms with Gasteiger partial charge < -0.3 is 20.3 Å². The van der Waals surface area contributed by atoms with Crippen molar-refractivity contribution in [3.05, 3.63) is 60.8 Å². The van der Waals surface area contributed by atoms with E-state index in [2.05, 4.69) is 38.2 Å². The van der Waals surface area contributed by atoms with Crippen LogP contribution in [0.2, 0.25) is 0 Å². The fourth-order valence-corrected chi connectivity index (χ4v) is 8.69. The van der Waals surface area contributed by atoms with Gasteiger partial charge in [0.25, 0.3) is 0 Å². The molecule has 384 valence electrons. The van der Waals surface area contributed by atoms with E-state index in [1.54, 1.807) is 0 Å². The molecule has 0 saturated heterocycles. The molecule has 0 aliphatic rings. The maximum Gasteiger partial charge on any atom is 0.306 e. The summed E-state index contributed by atoms with van der Waals surface area (Å²) in [5.41, 5.74) is 0. The van der Waals surface area contributed by atoms with Crippen molar-refractivity contribution in [2.24, 2.45) is 0 Å². The zero-order valence-corrected chi connectivity index (χ0v) is 43.8. The summed E-state index contributed by atoms with van der Waals surface area (Å²) in [6.45, 7) is 6.35. The summed E-state index contributed by atoms with van der Waals surface area (Å²) >= 11 is 0. The highest BCUT2D eigenvalue weighted by molar-refractivity contribution is 5.77. The monoisotopic (exact) mass is 924 g/mol. The number of amides is 1. The fraction of sp³-hybridized carbons (Fsp3) is 0.800. The number of esters is 1. The molecule has 0 aromatic heterocycles. The largest absolute Gasteiger partial charge is 0.462 e. The van der Waals surface area contributed by atoms with E-state index in [9.17, 15) is 19.8 Å². The van der Waals surface area contributed by atoms with Crippen molar-refractivity contribution in [3.8, 4) is 0 Å². The molecule has 0 spiro atoms. The van der Waals surface area contributed by atoms with Crippen molar-refractivity contribution in [1.82, 2.24) is 5.32 Å². The van der Waals surface area contributed by atoms with Crippen LogP contribution in [0.1, 0.15) is 284 Å². The number of rotatable bonds is 51. The summed E-state index contributed by atoms with van der Waals surface area (Å²) in [6, 6.07) is -0.725. The number of hydrogen-bond donors (Lipinski definition) is 3. The minimum atomic E-state index is -0.807. The molecule has 0 aliphatic carbocycles. The van der Waals surface area contributed by atoms with Gasteiger partial charge >= 0.3 is 5.97 Å². The molecule has 0 fully saturated rings. The first-order valence-corrected chi connectivity index (χ1v) is 28.6. The number of nitrogens with one attached hydrogen (secondary N) is 1. The van der Waals surface area contributed by atoms with E-state index in [0.29, 0.717) is 19.3 Å². The Morgan fingerprint density at radius 3 is 1.21 bits per heavy atom. The van der Waals surface area contributed by atoms with Crippen LogP contribution in [0.4, 0.5) is 0 Å². The Balaban J connectivity index is 4.56. The van der Waals surface area contributed by atoms with Crippen molar-refractivity contribution < 1.29 is 24.5 Å². The van der Waals surface area contributed by atoms with Gasteiger partial charge in [-0.15, -0.1) is 0 Å². The molecule has 6 heteroatoms. The molecule has 0 aromatic rings. The second kappa shape index (κ2) is 53.5. The van der Waals surface area contributed by atoms with Crippen molar-refractivity contribution in [1.29, 1.82) is 0 Å². The molecule has 0 bridgehead atoms. The second-order valence-electron chi connectivity index (χ2n) is 19.4. The van der Waals surface area contributed by atoms with Crippen LogP contribution in [0.5, 0.6) is 0 Å². The molecule has 0 aromatic carbocycles. The van der Waals surface area contributed by atoms with Crippen LogP contribution in [0, 0.1) is 0 Å². The molecule has 0 radical (unpaired) electrons. The van der Waals surface area contributed by atoms with Crippen molar-refractivity contribution in [3.63, 3.8) is 0 Å². The number of ether oxygens (including phenoxy) is 1. The number of allylic oxidation sites excluding steroid dienone is 10. The van der Waals surface area contributed by atoms with Gasteiger partial charge in [0.15, 0.2) is 0 Å². The van der Waals surface area contributed by atoms with Gasteiger partial charge in [0.2, 0.25) is 5.91 Å². The zero-order valence-electron chi connectivity index (χ0n) is 43.8. The lowest BCUT2D eigenvalue weighted by molar-refractivity contribution is -0.151. The number of unbranched alkanes of at least 4 members (excludes halogenated alkanes) is 33. The number of carbonyl (C=O) groups is 2. The Labute approximate surface area is 409 Å². The second-order valence-corrected chi connectivity index (χ2v) is 19.4. The van der Waals surface area contributed by atoms with Gasteiger partial charge in [-0.1, -0.05) is 293 Å². The Kier molecular flexibility index (Phi) is 51.5. The van der Waals surface area contributed by atoms with Gasteiger partial charge in [-0.25, -0.2) is 0 Å². The van der Waals surface area contributed by atoms with Gasteiger partial charge in [0, 0.05) is 6.42 Å². The third kappa shape index (κ3) is 48.0. The Morgan fingerprint density at radius 2 is 0.818 bits per heavy atom. The average molecular weight is 925 g/mol. The first kappa shape index (κ1) is 63.6. The quantitative estimate of drug-likeness (QED) is 0.0321. The van der Waals surface area contributed by atoms with Gasteiger partial charge in [-0.2, -0.15) is 0 Å². The Hall–Kier alpha value is -2.44. The van der Waals surface area contributed by atoms with Crippen LogP contribution in [-0.4, -0.2) is 46.9 Å². The highest BCUT2D eigenvalue weighted by Gasteiger charge is 2.24. The summed E-state index contributed by atoms with van der Waals surface area (Å²) < 4.78 is 5.92. The van der Waals surface area contributed by atoms with Gasteiger partial charge in [-0.05, 0) is 38.5 Å². The molecule has 0 rings (SSSR count). The predicted octanol–water partition coefficient (Wildman–Crippen LogP) is 17.6. The normalized spacial score (nSPS) is 13.6. The standard InChI is InChI=1S/C60H109NO5/c1-4-7-10-13-16-19-22-25-27-29-30-32-35-38-41-44-47-50-53-60(65)66-56(51-48-45-42-39-36-33-24-21-18-15-12-9-6-3)54-59(64)61-57(55-62)58(63)52-49-46-43-40-37-34-31-28-26-23-20-17-14-11-8-5-2/h9,12,15,18,21,24,33,36,39,42,56-58,62-63H,4-8,10-11,13-14,16-17,19-20,22-23,25-32,34-35,37-38,40-41,43-55H2,1-3H3,(H,61,64)/b12-9+,18-15+,24-21-,36-33-,42-39+. The minimum Gasteiger partial charge on any atom is -0.462 e. The Morgan fingerprint density at radius 1 is 0.455 bits per heavy atom. The molecule has 6 nitrogen and oxygen atoms in total. The van der Waals surface area contributed by atoms with Crippen LogP contribution < -0.4 is 5.32 Å². The van der Waals surface area contributed by atoms with Crippen LogP contribution in [0.3, 0.4) is 0 Å². The highest BCUT2D eigenvalue weighted by atomic mass is 16.5. The third-order valence-corrected chi connectivity index (χ3v) is 13.0. The van der Waals surface area contributed by atoms with E-state index in [4.69, 9.17) is 4.74 Å². The van der Waals surface area contributed by atoms with Crippen molar-refractivity contribution >= 4 is 11.9 Å². The lowest BCUT2D eigenvalue weighted by atomic mass is 10.0. The summed E-state index contributed by atoms with van der Waals surface area (Å²) in [5.74, 6) is -0.536. The van der Waals surface area contributed by atoms with E-state index < -0.39 is 18.2 Å². The molecule has 3 atom stereocenters. The lowest BCUT2D eigenvalue weighted by Crippen LogP contribution is -2.46. The molecule has 1 amide bonds.